The first-order valence-corrected chi connectivity index (χ1v) is 6.83. The van der Waals surface area contributed by atoms with E-state index in [2.05, 4.69) is 9.72 Å². The Labute approximate surface area is 125 Å². The largest absolute Gasteiger partial charge is 0.462 e. The van der Waals surface area contributed by atoms with Crippen LogP contribution in [0, 0.1) is 11.3 Å². The Kier molecular flexibility index (Phi) is 4.54. The predicted octanol–water partition coefficient (Wildman–Crippen LogP) is 2.75. The van der Waals surface area contributed by atoms with Crippen LogP contribution in [0.15, 0.2) is 6.07 Å². The van der Waals surface area contributed by atoms with Gasteiger partial charge in [0.2, 0.25) is 0 Å². The van der Waals surface area contributed by atoms with Crippen molar-refractivity contribution in [3.63, 3.8) is 0 Å². The molecule has 22 heavy (non-hydrogen) atoms. The molecule has 5 nitrogen and oxygen atoms in total. The normalized spacial score (nSPS) is 14.8. The van der Waals surface area contributed by atoms with E-state index >= 15 is 0 Å². The molecule has 8 heteroatoms. The fourth-order valence-corrected chi connectivity index (χ4v) is 2.34. The van der Waals surface area contributed by atoms with Gasteiger partial charge >= 0.3 is 12.1 Å². The van der Waals surface area contributed by atoms with Crippen molar-refractivity contribution < 1.29 is 22.7 Å². The molecule has 2 heterocycles. The van der Waals surface area contributed by atoms with E-state index in [9.17, 15) is 18.0 Å². The van der Waals surface area contributed by atoms with Crippen LogP contribution in [0.25, 0.3) is 0 Å². The van der Waals surface area contributed by atoms with Gasteiger partial charge in [0.15, 0.2) is 5.69 Å². The Bertz CT molecular complexity index is 617. The molecule has 2 rings (SSSR count). The summed E-state index contributed by atoms with van der Waals surface area (Å²) in [6.07, 6.45) is -3.15. The summed E-state index contributed by atoms with van der Waals surface area (Å²) in [5.41, 5.74) is -2.10. The lowest BCUT2D eigenvalue weighted by Crippen LogP contribution is -2.24. The number of alkyl halides is 3. The van der Waals surface area contributed by atoms with Crippen molar-refractivity contribution in [3.05, 3.63) is 22.9 Å². The number of nitrogens with zero attached hydrogens (tertiary/aromatic N) is 3. The van der Waals surface area contributed by atoms with Gasteiger partial charge in [-0.3, -0.25) is 0 Å². The molecular weight excluding hydrogens is 299 g/mol. The summed E-state index contributed by atoms with van der Waals surface area (Å²) < 4.78 is 44.2. The Morgan fingerprint density at radius 2 is 2.09 bits per heavy atom. The van der Waals surface area contributed by atoms with Crippen molar-refractivity contribution >= 4 is 11.8 Å². The summed E-state index contributed by atoms with van der Waals surface area (Å²) in [5.74, 6) is -1.16. The number of rotatable bonds is 3. The number of esters is 1. The van der Waals surface area contributed by atoms with Crippen molar-refractivity contribution in [2.45, 2.75) is 25.9 Å². The quantitative estimate of drug-likeness (QED) is 0.803. The molecule has 1 aromatic heterocycles. The fourth-order valence-electron chi connectivity index (χ4n) is 2.34. The third kappa shape index (κ3) is 3.13. The SMILES string of the molecule is CCOC(=O)c1cc(C#N)c(N2CCCC2)nc1C(F)(F)F. The summed E-state index contributed by atoms with van der Waals surface area (Å²) in [5, 5.41) is 9.16. The molecule has 1 saturated heterocycles. The highest BCUT2D eigenvalue weighted by Crippen LogP contribution is 2.34. The van der Waals surface area contributed by atoms with Crippen molar-refractivity contribution in [1.82, 2.24) is 4.98 Å². The molecule has 118 valence electrons. The van der Waals surface area contributed by atoms with E-state index in [1.807, 2.05) is 6.07 Å². The molecule has 1 fully saturated rings. The van der Waals surface area contributed by atoms with Gasteiger partial charge in [-0.2, -0.15) is 18.4 Å². The first kappa shape index (κ1) is 16.1. The van der Waals surface area contributed by atoms with E-state index in [-0.39, 0.29) is 18.0 Å². The number of ether oxygens (including phenoxy) is 1. The predicted molar refractivity (Wildman–Crippen MR) is 71.4 cm³/mol. The molecule has 0 spiro atoms. The lowest BCUT2D eigenvalue weighted by atomic mass is 10.1. The summed E-state index contributed by atoms with van der Waals surface area (Å²) in [7, 11) is 0. The van der Waals surface area contributed by atoms with Crippen LogP contribution in [-0.2, 0) is 10.9 Å². The van der Waals surface area contributed by atoms with Gasteiger partial charge in [0.05, 0.1) is 17.7 Å². The number of pyridine rings is 1. The van der Waals surface area contributed by atoms with Crippen molar-refractivity contribution in [3.8, 4) is 6.07 Å². The van der Waals surface area contributed by atoms with Gasteiger partial charge in [0.25, 0.3) is 0 Å². The van der Waals surface area contributed by atoms with Crippen LogP contribution in [0.2, 0.25) is 0 Å². The Morgan fingerprint density at radius 3 is 2.59 bits per heavy atom. The molecular formula is C14H14F3N3O2. The highest BCUT2D eigenvalue weighted by atomic mass is 19.4. The average Bonchev–Trinajstić information content (AvgIpc) is 2.99. The monoisotopic (exact) mass is 313 g/mol. The van der Waals surface area contributed by atoms with E-state index in [0.717, 1.165) is 18.9 Å². The molecule has 1 aliphatic rings. The zero-order valence-electron chi connectivity index (χ0n) is 11.9. The second-order valence-electron chi connectivity index (χ2n) is 4.78. The first-order chi connectivity index (χ1) is 10.4. The highest BCUT2D eigenvalue weighted by Gasteiger charge is 2.39. The zero-order valence-corrected chi connectivity index (χ0v) is 11.9. The van der Waals surface area contributed by atoms with E-state index in [4.69, 9.17) is 5.26 Å². The number of carbonyl (C=O) groups excluding carboxylic acids is 1. The minimum atomic E-state index is -4.80. The highest BCUT2D eigenvalue weighted by molar-refractivity contribution is 5.92. The number of nitriles is 1. The fraction of sp³-hybridized carbons (Fsp3) is 0.500. The molecule has 0 saturated carbocycles. The van der Waals surface area contributed by atoms with Gasteiger partial charge in [0.1, 0.15) is 11.9 Å². The van der Waals surface area contributed by atoms with E-state index in [1.54, 1.807) is 4.90 Å². The van der Waals surface area contributed by atoms with E-state index in [1.165, 1.54) is 6.92 Å². The smallest absolute Gasteiger partial charge is 0.434 e. The molecule has 0 bridgehead atoms. The Balaban J connectivity index is 2.59. The number of anilines is 1. The maximum absolute atomic E-state index is 13.2. The van der Waals surface area contributed by atoms with Crippen LogP contribution >= 0.6 is 0 Å². The van der Waals surface area contributed by atoms with Crippen LogP contribution in [0.3, 0.4) is 0 Å². The maximum Gasteiger partial charge on any atom is 0.434 e. The van der Waals surface area contributed by atoms with Gasteiger partial charge in [-0.25, -0.2) is 9.78 Å². The minimum Gasteiger partial charge on any atom is -0.462 e. The molecule has 0 aliphatic carbocycles. The van der Waals surface area contributed by atoms with Gasteiger partial charge in [-0.1, -0.05) is 0 Å². The van der Waals surface area contributed by atoms with Gasteiger partial charge < -0.3 is 9.64 Å². The van der Waals surface area contributed by atoms with Crippen LogP contribution in [-0.4, -0.2) is 30.6 Å². The number of carbonyl (C=O) groups is 1. The lowest BCUT2D eigenvalue weighted by molar-refractivity contribution is -0.141. The number of hydrogen-bond acceptors (Lipinski definition) is 5. The van der Waals surface area contributed by atoms with Crippen molar-refractivity contribution in [1.29, 1.82) is 5.26 Å². The standard InChI is InChI=1S/C14H14F3N3O2/c1-2-22-13(21)10-7-9(8-18)12(20-5-3-4-6-20)19-11(10)14(15,16)17/h7H,2-6H2,1H3. The lowest BCUT2D eigenvalue weighted by Gasteiger charge is -2.20. The molecule has 0 N–H and O–H groups in total. The minimum absolute atomic E-state index is 0.0274. The van der Waals surface area contributed by atoms with Gasteiger partial charge in [0, 0.05) is 13.1 Å². The molecule has 0 atom stereocenters. The van der Waals surface area contributed by atoms with Gasteiger partial charge in [-0.05, 0) is 25.8 Å². The van der Waals surface area contributed by atoms with E-state index < -0.39 is 23.4 Å². The van der Waals surface area contributed by atoms with Crippen LogP contribution in [0.5, 0.6) is 0 Å². The summed E-state index contributed by atoms with van der Waals surface area (Å²) in [4.78, 5) is 16.9. The summed E-state index contributed by atoms with van der Waals surface area (Å²) in [6.45, 7) is 2.50. The number of halogens is 3. The summed E-state index contributed by atoms with van der Waals surface area (Å²) >= 11 is 0. The number of aromatic nitrogens is 1. The average molecular weight is 313 g/mol. The van der Waals surface area contributed by atoms with Crippen LogP contribution in [0.4, 0.5) is 19.0 Å². The van der Waals surface area contributed by atoms with Crippen molar-refractivity contribution in [2.24, 2.45) is 0 Å². The van der Waals surface area contributed by atoms with Crippen LogP contribution in [0.1, 0.15) is 41.4 Å². The molecule has 0 radical (unpaired) electrons. The molecule has 0 unspecified atom stereocenters. The third-order valence-corrected chi connectivity index (χ3v) is 3.29. The van der Waals surface area contributed by atoms with Crippen LogP contribution < -0.4 is 4.90 Å². The molecule has 0 aromatic carbocycles. The second-order valence-corrected chi connectivity index (χ2v) is 4.78. The van der Waals surface area contributed by atoms with Crippen molar-refractivity contribution in [2.75, 3.05) is 24.6 Å². The van der Waals surface area contributed by atoms with Gasteiger partial charge in [-0.15, -0.1) is 0 Å². The molecule has 1 aliphatic heterocycles. The second kappa shape index (κ2) is 6.22. The summed E-state index contributed by atoms with van der Waals surface area (Å²) in [6, 6.07) is 2.73. The topological polar surface area (TPSA) is 66.2 Å². The Hall–Kier alpha value is -2.30. The zero-order chi connectivity index (χ0) is 16.3. The first-order valence-electron chi connectivity index (χ1n) is 6.83. The Morgan fingerprint density at radius 1 is 1.45 bits per heavy atom. The molecule has 0 amide bonds. The van der Waals surface area contributed by atoms with E-state index in [0.29, 0.717) is 13.1 Å². The molecule has 1 aromatic rings. The maximum atomic E-state index is 13.2. The number of hydrogen-bond donors (Lipinski definition) is 0. The third-order valence-electron chi connectivity index (χ3n) is 3.29.